The zero-order chi connectivity index (χ0) is 17.9. The van der Waals surface area contributed by atoms with Gasteiger partial charge in [0.1, 0.15) is 5.82 Å². The first-order chi connectivity index (χ1) is 12.2. The maximum Gasteiger partial charge on any atom is 0.315 e. The van der Waals surface area contributed by atoms with Crippen LogP contribution in [0.2, 0.25) is 0 Å². The van der Waals surface area contributed by atoms with E-state index in [1.54, 1.807) is 31.0 Å². The zero-order valence-corrected chi connectivity index (χ0v) is 15.1. The molecule has 6 heteroatoms. The van der Waals surface area contributed by atoms with Crippen molar-refractivity contribution in [2.75, 3.05) is 19.4 Å². The normalized spacial score (nSPS) is 10.5. The van der Waals surface area contributed by atoms with Gasteiger partial charge < -0.3 is 15.4 Å². The highest BCUT2D eigenvalue weighted by atomic mass is 32.2. The van der Waals surface area contributed by atoms with Crippen molar-refractivity contribution >= 4 is 17.8 Å². The summed E-state index contributed by atoms with van der Waals surface area (Å²) in [5.74, 6) is 1.14. The minimum Gasteiger partial charge on any atom is -0.380 e. The van der Waals surface area contributed by atoms with Crippen molar-refractivity contribution in [2.45, 2.75) is 18.9 Å². The van der Waals surface area contributed by atoms with E-state index in [4.69, 9.17) is 4.74 Å². The minimum atomic E-state index is -0.210. The van der Waals surface area contributed by atoms with Gasteiger partial charge in [0.2, 0.25) is 0 Å². The second-order valence-electron chi connectivity index (χ2n) is 5.46. The molecule has 2 aromatic carbocycles. The number of thioether (sulfide) groups is 1. The van der Waals surface area contributed by atoms with Gasteiger partial charge in [0, 0.05) is 31.7 Å². The summed E-state index contributed by atoms with van der Waals surface area (Å²) in [4.78, 5) is 11.9. The first-order valence-corrected chi connectivity index (χ1v) is 9.24. The van der Waals surface area contributed by atoms with Crippen molar-refractivity contribution in [1.82, 2.24) is 10.6 Å². The Hall–Kier alpha value is -2.05. The molecule has 0 bridgehead atoms. The predicted octanol–water partition coefficient (Wildman–Crippen LogP) is 3.70. The molecule has 25 heavy (non-hydrogen) atoms. The molecule has 0 aliphatic rings. The van der Waals surface area contributed by atoms with Gasteiger partial charge in [-0.1, -0.05) is 42.5 Å². The van der Waals surface area contributed by atoms with E-state index in [9.17, 15) is 9.18 Å². The molecule has 2 amide bonds. The van der Waals surface area contributed by atoms with Gasteiger partial charge in [-0.25, -0.2) is 9.18 Å². The SMILES string of the molecule is COCc1ccccc1CNC(=O)NCCSCc1ccccc1F. The average molecular weight is 362 g/mol. The maximum absolute atomic E-state index is 13.5. The summed E-state index contributed by atoms with van der Waals surface area (Å²) in [6, 6.07) is 14.4. The molecule has 4 nitrogen and oxygen atoms in total. The number of rotatable bonds is 9. The number of methoxy groups -OCH3 is 1. The molecule has 0 aliphatic carbocycles. The van der Waals surface area contributed by atoms with Crippen LogP contribution in [0.15, 0.2) is 48.5 Å². The number of hydrogen-bond donors (Lipinski definition) is 2. The Labute approximate surface area is 152 Å². The third kappa shape index (κ3) is 6.76. The highest BCUT2D eigenvalue weighted by Gasteiger charge is 2.05. The molecule has 0 aliphatic heterocycles. The summed E-state index contributed by atoms with van der Waals surface area (Å²) in [7, 11) is 1.65. The van der Waals surface area contributed by atoms with Gasteiger partial charge in [0.25, 0.3) is 0 Å². The van der Waals surface area contributed by atoms with E-state index < -0.39 is 0 Å². The number of carbonyl (C=O) groups is 1. The number of carbonyl (C=O) groups excluding carboxylic acids is 1. The summed E-state index contributed by atoms with van der Waals surface area (Å²) < 4.78 is 18.6. The standard InChI is InChI=1S/C19H23FN2O2S/c1-24-13-16-7-3-2-6-15(16)12-22-19(23)21-10-11-25-14-17-8-4-5-9-18(17)20/h2-9H,10-14H2,1H3,(H2,21,22,23). The van der Waals surface area contributed by atoms with E-state index in [0.717, 1.165) is 16.9 Å². The van der Waals surface area contributed by atoms with Gasteiger partial charge in [-0.05, 0) is 22.8 Å². The molecule has 0 saturated heterocycles. The molecule has 0 saturated carbocycles. The smallest absolute Gasteiger partial charge is 0.315 e. The largest absolute Gasteiger partial charge is 0.380 e. The molecule has 0 heterocycles. The number of nitrogens with one attached hydrogen (secondary N) is 2. The van der Waals surface area contributed by atoms with Gasteiger partial charge >= 0.3 is 6.03 Å². The van der Waals surface area contributed by atoms with Crippen LogP contribution in [0, 0.1) is 5.82 Å². The molecule has 134 valence electrons. The fourth-order valence-corrected chi connectivity index (χ4v) is 3.14. The zero-order valence-electron chi connectivity index (χ0n) is 14.3. The minimum absolute atomic E-state index is 0.185. The lowest BCUT2D eigenvalue weighted by Crippen LogP contribution is -2.36. The summed E-state index contributed by atoms with van der Waals surface area (Å²) in [5, 5.41) is 5.65. The topological polar surface area (TPSA) is 50.4 Å². The number of benzene rings is 2. The fraction of sp³-hybridized carbons (Fsp3) is 0.316. The summed E-state index contributed by atoms with van der Waals surface area (Å²) >= 11 is 1.59. The highest BCUT2D eigenvalue weighted by Crippen LogP contribution is 2.14. The second-order valence-corrected chi connectivity index (χ2v) is 6.56. The van der Waals surface area contributed by atoms with Crippen LogP contribution in [0.3, 0.4) is 0 Å². The van der Waals surface area contributed by atoms with Crippen LogP contribution in [0.25, 0.3) is 0 Å². The molecule has 2 N–H and O–H groups in total. The van der Waals surface area contributed by atoms with Crippen molar-refractivity contribution in [1.29, 1.82) is 0 Å². The van der Waals surface area contributed by atoms with Crippen LogP contribution in [-0.2, 0) is 23.6 Å². The van der Waals surface area contributed by atoms with Gasteiger partial charge in [0.05, 0.1) is 6.61 Å². The summed E-state index contributed by atoms with van der Waals surface area (Å²) in [6.07, 6.45) is 0. The molecule has 2 aromatic rings. The van der Waals surface area contributed by atoms with E-state index in [2.05, 4.69) is 10.6 Å². The predicted molar refractivity (Wildman–Crippen MR) is 100.0 cm³/mol. The molecular weight excluding hydrogens is 339 g/mol. The number of amides is 2. The molecular formula is C19H23FN2O2S. The summed E-state index contributed by atoms with van der Waals surface area (Å²) in [5.41, 5.74) is 2.78. The Balaban J connectivity index is 1.64. The molecule has 0 aromatic heterocycles. The molecule has 0 radical (unpaired) electrons. The number of ether oxygens (including phenoxy) is 1. The lowest BCUT2D eigenvalue weighted by Gasteiger charge is -2.11. The molecule has 2 rings (SSSR count). The number of urea groups is 1. The van der Waals surface area contributed by atoms with Crippen LogP contribution in [-0.4, -0.2) is 25.4 Å². The van der Waals surface area contributed by atoms with E-state index in [1.807, 2.05) is 30.3 Å². The third-order valence-corrected chi connectivity index (χ3v) is 4.61. The fourth-order valence-electron chi connectivity index (χ4n) is 2.30. The Bertz CT molecular complexity index is 682. The van der Waals surface area contributed by atoms with E-state index in [1.165, 1.54) is 6.07 Å². The molecule has 0 atom stereocenters. The Kier molecular flexibility index (Phi) is 8.28. The van der Waals surface area contributed by atoms with E-state index >= 15 is 0 Å². The summed E-state index contributed by atoms with van der Waals surface area (Å²) in [6.45, 7) is 1.50. The van der Waals surface area contributed by atoms with Gasteiger partial charge in [0.15, 0.2) is 0 Å². The van der Waals surface area contributed by atoms with Gasteiger partial charge in [-0.2, -0.15) is 11.8 Å². The molecule has 0 unspecified atom stereocenters. The lowest BCUT2D eigenvalue weighted by atomic mass is 10.1. The Morgan fingerprint density at radius 3 is 2.44 bits per heavy atom. The highest BCUT2D eigenvalue weighted by molar-refractivity contribution is 7.98. The van der Waals surface area contributed by atoms with Gasteiger partial charge in [-0.15, -0.1) is 0 Å². The monoisotopic (exact) mass is 362 g/mol. The van der Waals surface area contributed by atoms with E-state index in [0.29, 0.717) is 31.0 Å². The van der Waals surface area contributed by atoms with Crippen molar-refractivity contribution in [3.05, 3.63) is 71.0 Å². The second kappa shape index (κ2) is 10.7. The number of hydrogen-bond acceptors (Lipinski definition) is 3. The van der Waals surface area contributed by atoms with Crippen molar-refractivity contribution in [3.8, 4) is 0 Å². The molecule has 0 fully saturated rings. The lowest BCUT2D eigenvalue weighted by molar-refractivity contribution is 0.184. The van der Waals surface area contributed by atoms with Crippen LogP contribution in [0.4, 0.5) is 9.18 Å². The van der Waals surface area contributed by atoms with Crippen LogP contribution in [0.1, 0.15) is 16.7 Å². The van der Waals surface area contributed by atoms with Crippen LogP contribution in [0.5, 0.6) is 0 Å². The maximum atomic E-state index is 13.5. The van der Waals surface area contributed by atoms with Crippen molar-refractivity contribution in [3.63, 3.8) is 0 Å². The quantitative estimate of drug-likeness (QED) is 0.669. The number of halogens is 1. The third-order valence-electron chi connectivity index (χ3n) is 3.60. The van der Waals surface area contributed by atoms with E-state index in [-0.39, 0.29) is 11.8 Å². The average Bonchev–Trinajstić information content (AvgIpc) is 2.62. The Morgan fingerprint density at radius 1 is 1.04 bits per heavy atom. The van der Waals surface area contributed by atoms with Crippen molar-refractivity contribution in [2.24, 2.45) is 0 Å². The van der Waals surface area contributed by atoms with Crippen molar-refractivity contribution < 1.29 is 13.9 Å². The first kappa shape index (κ1) is 19.3. The van der Waals surface area contributed by atoms with Gasteiger partial charge in [-0.3, -0.25) is 0 Å². The van der Waals surface area contributed by atoms with Crippen LogP contribution < -0.4 is 10.6 Å². The first-order valence-electron chi connectivity index (χ1n) is 8.09. The molecule has 0 spiro atoms. The Morgan fingerprint density at radius 2 is 1.72 bits per heavy atom. The van der Waals surface area contributed by atoms with Crippen LogP contribution >= 0.6 is 11.8 Å².